The van der Waals surface area contributed by atoms with E-state index in [-0.39, 0.29) is 23.3 Å². The van der Waals surface area contributed by atoms with Gasteiger partial charge >= 0.3 is 0 Å². The van der Waals surface area contributed by atoms with Gasteiger partial charge in [0.1, 0.15) is 5.75 Å². The molecule has 1 atom stereocenters. The number of methoxy groups -OCH3 is 1. The molecule has 0 bridgehead atoms. The zero-order chi connectivity index (χ0) is 25.5. The van der Waals surface area contributed by atoms with Gasteiger partial charge in [0.2, 0.25) is 0 Å². The van der Waals surface area contributed by atoms with Crippen LogP contribution in [-0.2, 0) is 0 Å². The normalized spacial score (nSPS) is 12.1. The average molecular weight is 465 g/mol. The number of allylic oxidation sites excluding steroid dienone is 1. The van der Waals surface area contributed by atoms with Gasteiger partial charge in [-0.3, -0.25) is 15.0 Å². The Labute approximate surface area is 205 Å². The molecule has 5 nitrogen and oxygen atoms in total. The Balaban J connectivity index is 2.58. The number of amides is 2. The van der Waals surface area contributed by atoms with Crippen molar-refractivity contribution in [2.24, 2.45) is 5.41 Å². The summed E-state index contributed by atoms with van der Waals surface area (Å²) in [7, 11) is 1.58. The number of aryl methyl sites for hydroxylation is 2. The minimum Gasteiger partial charge on any atom is -0.496 e. The lowest BCUT2D eigenvalue weighted by molar-refractivity contribution is 0.0235. The van der Waals surface area contributed by atoms with E-state index in [9.17, 15) is 9.59 Å². The third-order valence-electron chi connectivity index (χ3n) is 6.37. The first kappa shape index (κ1) is 27.2. The molecule has 0 heterocycles. The van der Waals surface area contributed by atoms with Gasteiger partial charge in [0.25, 0.3) is 11.8 Å². The predicted molar refractivity (Wildman–Crippen MR) is 139 cm³/mol. The zero-order valence-corrected chi connectivity index (χ0v) is 21.8. The van der Waals surface area contributed by atoms with Crippen LogP contribution in [0.4, 0.5) is 0 Å². The van der Waals surface area contributed by atoms with Crippen LogP contribution in [-0.4, -0.2) is 30.0 Å². The Morgan fingerprint density at radius 3 is 2.35 bits per heavy atom. The van der Waals surface area contributed by atoms with Crippen LogP contribution in [0, 0.1) is 26.2 Å². The maximum absolute atomic E-state index is 13.9. The highest BCUT2D eigenvalue weighted by atomic mass is 16.5. The Bertz CT molecular complexity index is 1010. The van der Waals surface area contributed by atoms with E-state index in [2.05, 4.69) is 32.8 Å². The number of carbonyl (C=O) groups is 2. The molecule has 0 aromatic heterocycles. The van der Waals surface area contributed by atoms with Gasteiger partial charge in [0.05, 0.1) is 13.2 Å². The molecule has 0 saturated heterocycles. The van der Waals surface area contributed by atoms with Crippen molar-refractivity contribution in [2.75, 3.05) is 7.11 Å². The van der Waals surface area contributed by atoms with Gasteiger partial charge in [-0.2, -0.15) is 0 Å². The fourth-order valence-electron chi connectivity index (χ4n) is 4.53. The summed E-state index contributed by atoms with van der Waals surface area (Å²) in [6, 6.07) is 10.9. The summed E-state index contributed by atoms with van der Waals surface area (Å²) >= 11 is 0. The quantitative estimate of drug-likeness (QED) is 0.320. The first-order chi connectivity index (χ1) is 16.0. The topological polar surface area (TPSA) is 58.6 Å². The van der Waals surface area contributed by atoms with Crippen molar-refractivity contribution in [2.45, 2.75) is 73.3 Å². The second-order valence-electron chi connectivity index (χ2n) is 9.76. The Morgan fingerprint density at radius 1 is 1.15 bits per heavy atom. The van der Waals surface area contributed by atoms with Crippen LogP contribution < -0.4 is 10.2 Å². The molecule has 2 rings (SSSR count). The Kier molecular flexibility index (Phi) is 9.48. The van der Waals surface area contributed by atoms with E-state index < -0.39 is 0 Å². The molecule has 184 valence electrons. The third kappa shape index (κ3) is 6.49. The fourth-order valence-corrected chi connectivity index (χ4v) is 4.53. The molecule has 0 spiro atoms. The minimum absolute atomic E-state index is 0.209. The van der Waals surface area contributed by atoms with Crippen molar-refractivity contribution in [1.29, 1.82) is 0 Å². The van der Waals surface area contributed by atoms with E-state index in [0.29, 0.717) is 23.3 Å². The predicted octanol–water partition coefficient (Wildman–Crippen LogP) is 6.57. The second kappa shape index (κ2) is 11.9. The summed E-state index contributed by atoms with van der Waals surface area (Å²) in [5, 5.41) is 1.56. The Morgan fingerprint density at radius 2 is 1.79 bits per heavy atom. The summed E-state index contributed by atoms with van der Waals surface area (Å²) in [6.45, 7) is 16.1. The number of nitrogens with zero attached hydrogens (tertiary/aromatic N) is 1. The molecule has 0 aliphatic heterocycles. The number of unbranched alkanes of at least 4 members (excludes halogenated alkanes) is 1. The molecular formula is C29H40N2O3. The molecular weight excluding hydrogens is 424 g/mol. The number of hydrazine groups is 1. The molecule has 2 aromatic rings. The van der Waals surface area contributed by atoms with Crippen molar-refractivity contribution in [3.63, 3.8) is 0 Å². The minimum atomic E-state index is -0.329. The average Bonchev–Trinajstić information content (AvgIpc) is 2.77. The van der Waals surface area contributed by atoms with Crippen molar-refractivity contribution in [1.82, 2.24) is 10.4 Å². The van der Waals surface area contributed by atoms with E-state index in [0.717, 1.165) is 36.0 Å². The number of benzene rings is 2. The number of rotatable bonds is 10. The lowest BCUT2D eigenvalue weighted by atomic mass is 9.78. The molecule has 2 aromatic carbocycles. The summed E-state index contributed by atoms with van der Waals surface area (Å²) in [4.78, 5) is 27.4. The molecule has 1 unspecified atom stereocenters. The van der Waals surface area contributed by atoms with Crippen molar-refractivity contribution in [3.05, 3.63) is 76.9 Å². The standard InChI is InChI=1S/C29H40N2O3/c1-9-11-15-26(29(6,7)16-10-2)31(28(33)23-18-20(3)17-21(4)19-23)30-27(32)24-13-12-14-25(34-8)22(24)5/h10,12-14,17-19,26H,2,9,11,15-16H2,1,3-8H3,(H,30,32). The number of hydrogen-bond donors (Lipinski definition) is 1. The lowest BCUT2D eigenvalue weighted by Gasteiger charge is -2.42. The van der Waals surface area contributed by atoms with Gasteiger partial charge in [-0.05, 0) is 63.3 Å². The molecule has 0 aliphatic carbocycles. The molecule has 2 amide bonds. The number of nitrogens with one attached hydrogen (secondary N) is 1. The van der Waals surface area contributed by atoms with Crippen LogP contribution in [0.1, 0.15) is 83.9 Å². The summed E-state index contributed by atoms with van der Waals surface area (Å²) in [5.41, 5.74) is 6.50. The lowest BCUT2D eigenvalue weighted by Crippen LogP contribution is -2.56. The van der Waals surface area contributed by atoms with Gasteiger partial charge in [-0.15, -0.1) is 6.58 Å². The van der Waals surface area contributed by atoms with Crippen LogP contribution in [0.15, 0.2) is 49.1 Å². The van der Waals surface area contributed by atoms with Crippen molar-refractivity contribution < 1.29 is 14.3 Å². The first-order valence-electron chi connectivity index (χ1n) is 12.0. The molecule has 5 heteroatoms. The van der Waals surface area contributed by atoms with Crippen LogP contribution in [0.2, 0.25) is 0 Å². The number of carbonyl (C=O) groups excluding carboxylic acids is 2. The maximum Gasteiger partial charge on any atom is 0.272 e. The molecule has 0 fully saturated rings. The van der Waals surface area contributed by atoms with Crippen molar-refractivity contribution in [3.8, 4) is 5.75 Å². The van der Waals surface area contributed by atoms with Crippen LogP contribution in [0.25, 0.3) is 0 Å². The fraction of sp³-hybridized carbons (Fsp3) is 0.448. The van der Waals surface area contributed by atoms with Gasteiger partial charge in [0.15, 0.2) is 0 Å². The van der Waals surface area contributed by atoms with Crippen LogP contribution in [0.5, 0.6) is 5.75 Å². The Hall–Kier alpha value is -3.08. The highest BCUT2D eigenvalue weighted by Gasteiger charge is 2.37. The van der Waals surface area contributed by atoms with E-state index in [1.54, 1.807) is 24.3 Å². The summed E-state index contributed by atoms with van der Waals surface area (Å²) < 4.78 is 5.40. The van der Waals surface area contributed by atoms with E-state index in [1.165, 1.54) is 0 Å². The van der Waals surface area contributed by atoms with Gasteiger partial charge in [0, 0.05) is 16.7 Å². The molecule has 34 heavy (non-hydrogen) atoms. The highest BCUT2D eigenvalue weighted by molar-refractivity contribution is 6.00. The van der Waals surface area contributed by atoms with Crippen LogP contribution >= 0.6 is 0 Å². The van der Waals surface area contributed by atoms with Crippen molar-refractivity contribution >= 4 is 11.8 Å². The van der Waals surface area contributed by atoms with E-state index >= 15 is 0 Å². The SMILES string of the molecule is C=CCC(C)(C)C(CCCC)N(NC(=O)c1cccc(OC)c1C)C(=O)c1cc(C)cc(C)c1. The largest absolute Gasteiger partial charge is 0.496 e. The third-order valence-corrected chi connectivity index (χ3v) is 6.37. The molecule has 0 radical (unpaired) electrons. The number of ether oxygens (including phenoxy) is 1. The monoisotopic (exact) mass is 464 g/mol. The first-order valence-corrected chi connectivity index (χ1v) is 12.0. The van der Waals surface area contributed by atoms with Gasteiger partial charge in [-0.1, -0.05) is 62.9 Å². The highest BCUT2D eigenvalue weighted by Crippen LogP contribution is 2.33. The summed E-state index contributed by atoms with van der Waals surface area (Å²) in [5.74, 6) is 0.0957. The smallest absolute Gasteiger partial charge is 0.272 e. The van der Waals surface area contributed by atoms with Gasteiger partial charge < -0.3 is 4.74 Å². The van der Waals surface area contributed by atoms with E-state index in [1.807, 2.05) is 51.1 Å². The van der Waals surface area contributed by atoms with E-state index in [4.69, 9.17) is 4.74 Å². The second-order valence-corrected chi connectivity index (χ2v) is 9.76. The number of hydrogen-bond acceptors (Lipinski definition) is 3. The zero-order valence-electron chi connectivity index (χ0n) is 21.8. The maximum atomic E-state index is 13.9. The summed E-state index contributed by atoms with van der Waals surface area (Å²) in [6.07, 6.45) is 5.30. The van der Waals surface area contributed by atoms with Crippen LogP contribution in [0.3, 0.4) is 0 Å². The van der Waals surface area contributed by atoms with Gasteiger partial charge in [-0.25, -0.2) is 5.01 Å². The molecule has 0 saturated carbocycles. The molecule has 1 N–H and O–H groups in total. The molecule has 0 aliphatic rings.